The third kappa shape index (κ3) is 3.44. The Balaban J connectivity index is 1.35. The molecule has 2 aliphatic rings. The number of amides is 1. The highest BCUT2D eigenvalue weighted by Gasteiger charge is 2.27. The van der Waals surface area contributed by atoms with Crippen LogP contribution in [0.5, 0.6) is 0 Å². The van der Waals surface area contributed by atoms with E-state index in [1.807, 2.05) is 0 Å². The third-order valence-corrected chi connectivity index (χ3v) is 7.53. The number of piperazine rings is 1. The molecule has 1 saturated heterocycles. The summed E-state index contributed by atoms with van der Waals surface area (Å²) in [6.45, 7) is 2.11. The molecule has 1 aromatic carbocycles. The predicted molar refractivity (Wildman–Crippen MR) is 123 cm³/mol. The van der Waals surface area contributed by atoms with E-state index in [1.54, 1.807) is 27.9 Å². The minimum Gasteiger partial charge on any atom is -0.339 e. The van der Waals surface area contributed by atoms with Gasteiger partial charge in [0.05, 0.1) is 10.3 Å². The molecule has 1 aliphatic heterocycles. The maximum Gasteiger partial charge on any atom is 0.269 e. The van der Waals surface area contributed by atoms with Crippen molar-refractivity contribution in [2.24, 2.45) is 7.05 Å². The van der Waals surface area contributed by atoms with Gasteiger partial charge in [0.15, 0.2) is 0 Å². The number of non-ortho nitro benzene ring substituents is 1. The number of fused-ring (bicyclic) bond motifs is 3. The molecule has 166 valence electrons. The van der Waals surface area contributed by atoms with Crippen LogP contribution in [-0.4, -0.2) is 51.5 Å². The summed E-state index contributed by atoms with van der Waals surface area (Å²) < 4.78 is 1.64. The maximum absolute atomic E-state index is 13.1. The van der Waals surface area contributed by atoms with Crippen LogP contribution in [0.2, 0.25) is 0 Å². The number of carbonyl (C=O) groups excluding carboxylic acids is 1. The zero-order valence-corrected chi connectivity index (χ0v) is 18.6. The fraction of sp³-hybridized carbons (Fsp3) is 0.409. The number of hydrogen-bond acceptors (Lipinski definition) is 7. The van der Waals surface area contributed by atoms with Crippen LogP contribution in [0.15, 0.2) is 29.1 Å². The number of benzene rings is 1. The second kappa shape index (κ2) is 8.01. The Labute approximate surface area is 188 Å². The Morgan fingerprint density at radius 2 is 1.78 bits per heavy atom. The van der Waals surface area contributed by atoms with E-state index in [-0.39, 0.29) is 17.2 Å². The molecule has 1 amide bonds. The summed E-state index contributed by atoms with van der Waals surface area (Å²) in [6, 6.07) is 5.67. The number of aromatic nitrogens is 2. The molecule has 3 aromatic rings. The maximum atomic E-state index is 13.1. The van der Waals surface area contributed by atoms with Crippen molar-refractivity contribution in [3.8, 4) is 0 Å². The molecule has 1 fully saturated rings. The largest absolute Gasteiger partial charge is 0.339 e. The molecule has 32 heavy (non-hydrogen) atoms. The van der Waals surface area contributed by atoms with Crippen molar-refractivity contribution in [3.05, 3.63) is 60.7 Å². The first-order chi connectivity index (χ1) is 15.4. The normalized spacial score (nSPS) is 16.3. The highest BCUT2D eigenvalue weighted by molar-refractivity contribution is 7.18. The molecule has 0 bridgehead atoms. The smallest absolute Gasteiger partial charge is 0.269 e. The lowest BCUT2D eigenvalue weighted by molar-refractivity contribution is -0.384. The number of carbonyl (C=O) groups is 1. The monoisotopic (exact) mass is 453 g/mol. The van der Waals surface area contributed by atoms with Crippen molar-refractivity contribution in [2.75, 3.05) is 31.1 Å². The van der Waals surface area contributed by atoms with E-state index in [1.165, 1.54) is 34.7 Å². The first-order valence-corrected chi connectivity index (χ1v) is 11.6. The highest BCUT2D eigenvalue weighted by atomic mass is 32.1. The third-order valence-electron chi connectivity index (χ3n) is 6.35. The summed E-state index contributed by atoms with van der Waals surface area (Å²) in [5.41, 5.74) is 1.59. The van der Waals surface area contributed by atoms with Crippen molar-refractivity contribution < 1.29 is 9.72 Å². The molecule has 0 spiro atoms. The minimum atomic E-state index is -0.481. The minimum absolute atomic E-state index is 0.00814. The summed E-state index contributed by atoms with van der Waals surface area (Å²) >= 11 is 1.64. The van der Waals surface area contributed by atoms with Crippen LogP contribution in [0, 0.1) is 10.1 Å². The molecule has 1 aliphatic carbocycles. The average molecular weight is 454 g/mol. The van der Waals surface area contributed by atoms with E-state index < -0.39 is 4.92 Å². The Morgan fingerprint density at radius 1 is 1.09 bits per heavy atom. The van der Waals surface area contributed by atoms with Gasteiger partial charge in [-0.3, -0.25) is 24.3 Å². The van der Waals surface area contributed by atoms with Crippen LogP contribution in [-0.2, 0) is 19.9 Å². The van der Waals surface area contributed by atoms with E-state index in [0.717, 1.165) is 35.9 Å². The number of hydrogen-bond donors (Lipinski definition) is 0. The SMILES string of the molecule is Cn1c(N2CCN(C(=O)c3ccc([N+](=O)[O-])cc3)CC2)nc2sc3c(c2c1=O)CCCC3. The number of rotatable bonds is 3. The molecule has 5 rings (SSSR count). The number of anilines is 1. The van der Waals surface area contributed by atoms with Gasteiger partial charge >= 0.3 is 0 Å². The highest BCUT2D eigenvalue weighted by Crippen LogP contribution is 2.34. The number of nitro benzene ring substituents is 1. The van der Waals surface area contributed by atoms with E-state index in [2.05, 4.69) is 4.90 Å². The quantitative estimate of drug-likeness (QED) is 0.446. The summed E-state index contributed by atoms with van der Waals surface area (Å²) in [6.07, 6.45) is 4.26. The Kier molecular flexibility index (Phi) is 5.16. The van der Waals surface area contributed by atoms with E-state index in [9.17, 15) is 19.7 Å². The Bertz CT molecular complexity index is 1270. The van der Waals surface area contributed by atoms with Crippen LogP contribution < -0.4 is 10.5 Å². The summed E-state index contributed by atoms with van der Waals surface area (Å²) in [7, 11) is 1.77. The molecule has 0 unspecified atom stereocenters. The van der Waals surface area contributed by atoms with Crippen LogP contribution in [0.25, 0.3) is 10.2 Å². The van der Waals surface area contributed by atoms with E-state index >= 15 is 0 Å². The van der Waals surface area contributed by atoms with Crippen LogP contribution in [0.3, 0.4) is 0 Å². The lowest BCUT2D eigenvalue weighted by atomic mass is 9.97. The molecule has 3 heterocycles. The Morgan fingerprint density at radius 3 is 2.47 bits per heavy atom. The van der Waals surface area contributed by atoms with Gasteiger partial charge in [0.2, 0.25) is 5.95 Å². The van der Waals surface area contributed by atoms with Crippen LogP contribution >= 0.6 is 11.3 Å². The number of thiophene rings is 1. The summed E-state index contributed by atoms with van der Waals surface area (Å²) in [5, 5.41) is 11.6. The standard InChI is InChI=1S/C22H23N5O4S/c1-24-21(29)18-16-4-2-3-5-17(16)32-19(18)23-22(24)26-12-10-25(11-13-26)20(28)14-6-8-15(9-7-14)27(30)31/h6-9H,2-5,10-13H2,1H3. The molecule has 0 atom stereocenters. The lowest BCUT2D eigenvalue weighted by Crippen LogP contribution is -2.50. The second-order valence-corrected chi connectivity index (χ2v) is 9.33. The van der Waals surface area contributed by atoms with Crippen molar-refractivity contribution in [3.63, 3.8) is 0 Å². The van der Waals surface area contributed by atoms with Gasteiger partial charge in [0, 0.05) is 55.8 Å². The summed E-state index contributed by atoms with van der Waals surface area (Å²) in [4.78, 5) is 47.1. The van der Waals surface area contributed by atoms with E-state index in [4.69, 9.17) is 4.98 Å². The van der Waals surface area contributed by atoms with Gasteiger partial charge in [0.25, 0.3) is 17.2 Å². The number of nitro groups is 1. The van der Waals surface area contributed by atoms with Gasteiger partial charge in [-0.15, -0.1) is 11.3 Å². The van der Waals surface area contributed by atoms with Gasteiger partial charge in [0.1, 0.15) is 4.83 Å². The molecule has 0 N–H and O–H groups in total. The van der Waals surface area contributed by atoms with Crippen LogP contribution in [0.1, 0.15) is 33.6 Å². The topological polar surface area (TPSA) is 102 Å². The Hall–Kier alpha value is -3.27. The van der Waals surface area contributed by atoms with E-state index in [0.29, 0.717) is 37.7 Å². The molecule has 2 aromatic heterocycles. The zero-order chi connectivity index (χ0) is 22.4. The van der Waals surface area contributed by atoms with Crippen LogP contribution in [0.4, 0.5) is 11.6 Å². The first-order valence-electron chi connectivity index (χ1n) is 10.7. The molecular formula is C22H23N5O4S. The molecule has 9 nitrogen and oxygen atoms in total. The molecule has 0 radical (unpaired) electrons. The zero-order valence-electron chi connectivity index (χ0n) is 17.7. The van der Waals surface area contributed by atoms with Crippen molar-refractivity contribution >= 4 is 39.1 Å². The lowest BCUT2D eigenvalue weighted by Gasteiger charge is -2.35. The van der Waals surface area contributed by atoms with Gasteiger partial charge < -0.3 is 9.80 Å². The van der Waals surface area contributed by atoms with Crippen molar-refractivity contribution in [1.29, 1.82) is 0 Å². The fourth-order valence-corrected chi connectivity index (χ4v) is 5.82. The number of aryl methyl sites for hydroxylation is 2. The molecule has 0 saturated carbocycles. The van der Waals surface area contributed by atoms with Crippen molar-refractivity contribution in [1.82, 2.24) is 14.5 Å². The summed E-state index contributed by atoms with van der Waals surface area (Å²) in [5.74, 6) is 0.492. The van der Waals surface area contributed by atoms with Gasteiger partial charge in [-0.1, -0.05) is 0 Å². The molecule has 10 heteroatoms. The fourth-order valence-electron chi connectivity index (χ4n) is 4.58. The average Bonchev–Trinajstić information content (AvgIpc) is 3.20. The predicted octanol–water partition coefficient (Wildman–Crippen LogP) is 2.74. The first kappa shape index (κ1) is 20.6. The van der Waals surface area contributed by atoms with Gasteiger partial charge in [-0.25, -0.2) is 4.98 Å². The second-order valence-electron chi connectivity index (χ2n) is 8.25. The molecular weight excluding hydrogens is 430 g/mol. The number of nitrogens with zero attached hydrogens (tertiary/aromatic N) is 5. The van der Waals surface area contributed by atoms with Gasteiger partial charge in [-0.2, -0.15) is 0 Å². The van der Waals surface area contributed by atoms with Gasteiger partial charge in [-0.05, 0) is 43.4 Å². The van der Waals surface area contributed by atoms with Crippen molar-refractivity contribution in [2.45, 2.75) is 25.7 Å².